The number of nitrogens with one attached hydrogen (secondary N) is 2. The van der Waals surface area contributed by atoms with Crippen molar-refractivity contribution in [2.24, 2.45) is 4.99 Å². The van der Waals surface area contributed by atoms with E-state index in [1.807, 2.05) is 38.2 Å². The minimum atomic E-state index is 0. The van der Waals surface area contributed by atoms with Crippen molar-refractivity contribution in [3.8, 4) is 5.75 Å². The quantitative estimate of drug-likeness (QED) is 0.277. The maximum atomic E-state index is 11.6. The lowest BCUT2D eigenvalue weighted by Gasteiger charge is -2.31. The molecule has 26 heavy (non-hydrogen) atoms. The van der Waals surface area contributed by atoms with Crippen LogP contribution >= 0.6 is 24.0 Å². The molecular weight excluding hydrogens is 443 g/mol. The molecule has 2 N–H and O–H groups in total. The zero-order valence-electron chi connectivity index (χ0n) is 15.5. The molecule has 1 fully saturated rings. The monoisotopic (exact) mass is 472 g/mol. The summed E-state index contributed by atoms with van der Waals surface area (Å²) in [5.41, 5.74) is 1.03. The van der Waals surface area contributed by atoms with Crippen LogP contribution in [0, 0.1) is 0 Å². The standard InChI is InChI=1S/C19H28N4O2.HI/c1-4-12-25-17-9-7-6-8-15(17)13-21-19(20-5-2)22-16-10-11-18(24)23(3)14-16;/h4,6-9,16H,1,5,10-14H2,2-3H3,(H2,20,21,22);1H. The molecule has 0 bridgehead atoms. The summed E-state index contributed by atoms with van der Waals surface area (Å²) in [6.07, 6.45) is 3.13. The molecule has 0 saturated carbocycles. The van der Waals surface area contributed by atoms with E-state index < -0.39 is 0 Å². The highest BCUT2D eigenvalue weighted by atomic mass is 127. The minimum Gasteiger partial charge on any atom is -0.489 e. The number of aliphatic imine (C=N–C) groups is 1. The number of benzene rings is 1. The van der Waals surface area contributed by atoms with Crippen LogP contribution in [0.2, 0.25) is 0 Å². The van der Waals surface area contributed by atoms with Gasteiger partial charge in [0.15, 0.2) is 5.96 Å². The number of amides is 1. The Hall–Kier alpha value is -1.77. The van der Waals surface area contributed by atoms with Crippen LogP contribution in [0.5, 0.6) is 5.75 Å². The van der Waals surface area contributed by atoms with Gasteiger partial charge in [-0.15, -0.1) is 24.0 Å². The number of carbonyl (C=O) groups excluding carboxylic acids is 1. The van der Waals surface area contributed by atoms with E-state index in [0.29, 0.717) is 26.1 Å². The average Bonchev–Trinajstić information content (AvgIpc) is 2.62. The number of nitrogens with zero attached hydrogens (tertiary/aromatic N) is 2. The molecule has 7 heteroatoms. The van der Waals surface area contributed by atoms with Crippen molar-refractivity contribution >= 4 is 35.8 Å². The molecule has 0 radical (unpaired) electrons. The van der Waals surface area contributed by atoms with Gasteiger partial charge in [-0.05, 0) is 19.4 Å². The lowest BCUT2D eigenvalue weighted by Crippen LogP contribution is -2.51. The lowest BCUT2D eigenvalue weighted by molar-refractivity contribution is -0.132. The van der Waals surface area contributed by atoms with Gasteiger partial charge in [0.25, 0.3) is 0 Å². The molecule has 1 unspecified atom stereocenters. The fourth-order valence-electron chi connectivity index (χ4n) is 2.73. The highest BCUT2D eigenvalue weighted by Gasteiger charge is 2.23. The summed E-state index contributed by atoms with van der Waals surface area (Å²) in [6.45, 7) is 8.18. The van der Waals surface area contributed by atoms with Crippen LogP contribution in [0.25, 0.3) is 0 Å². The van der Waals surface area contributed by atoms with Crippen LogP contribution in [0.15, 0.2) is 41.9 Å². The van der Waals surface area contributed by atoms with E-state index in [1.54, 1.807) is 11.0 Å². The summed E-state index contributed by atoms with van der Waals surface area (Å²) in [7, 11) is 1.84. The molecule has 1 saturated heterocycles. The number of hydrogen-bond donors (Lipinski definition) is 2. The van der Waals surface area contributed by atoms with E-state index >= 15 is 0 Å². The van der Waals surface area contributed by atoms with Gasteiger partial charge in [-0.3, -0.25) is 4.79 Å². The molecule has 144 valence electrons. The Morgan fingerprint density at radius 1 is 1.46 bits per heavy atom. The van der Waals surface area contributed by atoms with Crippen LogP contribution in [0.3, 0.4) is 0 Å². The van der Waals surface area contributed by atoms with Gasteiger partial charge in [0, 0.05) is 38.2 Å². The van der Waals surface area contributed by atoms with Crippen molar-refractivity contribution in [2.45, 2.75) is 32.4 Å². The van der Waals surface area contributed by atoms with Crippen molar-refractivity contribution in [3.05, 3.63) is 42.5 Å². The van der Waals surface area contributed by atoms with Crippen LogP contribution in [0.1, 0.15) is 25.3 Å². The molecule has 0 spiro atoms. The predicted octanol–water partition coefficient (Wildman–Crippen LogP) is 2.55. The number of hydrogen-bond acceptors (Lipinski definition) is 3. The Morgan fingerprint density at radius 2 is 2.23 bits per heavy atom. The third-order valence-electron chi connectivity index (χ3n) is 4.05. The average molecular weight is 472 g/mol. The van der Waals surface area contributed by atoms with Gasteiger partial charge < -0.3 is 20.3 Å². The number of likely N-dealkylation sites (tertiary alicyclic amines) is 1. The van der Waals surface area contributed by atoms with Crippen molar-refractivity contribution < 1.29 is 9.53 Å². The highest BCUT2D eigenvalue weighted by molar-refractivity contribution is 14.0. The molecule has 0 aliphatic carbocycles. The molecular formula is C19H29IN4O2. The van der Waals surface area contributed by atoms with E-state index in [4.69, 9.17) is 4.74 Å². The third kappa shape index (κ3) is 6.86. The molecule has 6 nitrogen and oxygen atoms in total. The number of piperidine rings is 1. The first-order valence-corrected chi connectivity index (χ1v) is 8.74. The Morgan fingerprint density at radius 3 is 2.92 bits per heavy atom. The summed E-state index contributed by atoms with van der Waals surface area (Å²) < 4.78 is 5.68. The number of guanidine groups is 1. The first kappa shape index (κ1) is 22.3. The molecule has 1 aliphatic heterocycles. The van der Waals surface area contributed by atoms with Gasteiger partial charge in [0.05, 0.1) is 6.54 Å². The second kappa shape index (κ2) is 11.8. The van der Waals surface area contributed by atoms with Gasteiger partial charge in [-0.1, -0.05) is 30.9 Å². The number of ether oxygens (including phenoxy) is 1. The molecule has 2 rings (SSSR count). The number of para-hydroxylation sites is 1. The lowest BCUT2D eigenvalue weighted by atomic mass is 10.1. The van der Waals surface area contributed by atoms with Crippen molar-refractivity contribution in [2.75, 3.05) is 26.7 Å². The van der Waals surface area contributed by atoms with Gasteiger partial charge in [-0.2, -0.15) is 0 Å². The Kier molecular flexibility index (Phi) is 10.1. The molecule has 1 aliphatic rings. The smallest absolute Gasteiger partial charge is 0.222 e. The summed E-state index contributed by atoms with van der Waals surface area (Å²) in [5.74, 6) is 1.78. The zero-order chi connectivity index (χ0) is 18.1. The van der Waals surface area contributed by atoms with Gasteiger partial charge >= 0.3 is 0 Å². The molecule has 1 atom stereocenters. The first-order valence-electron chi connectivity index (χ1n) is 8.74. The largest absolute Gasteiger partial charge is 0.489 e. The van der Waals surface area contributed by atoms with Gasteiger partial charge in [0.1, 0.15) is 12.4 Å². The van der Waals surface area contributed by atoms with Crippen LogP contribution in [0.4, 0.5) is 0 Å². The number of carbonyl (C=O) groups is 1. The van der Waals surface area contributed by atoms with E-state index in [0.717, 1.165) is 30.2 Å². The molecule has 1 heterocycles. The number of rotatable bonds is 7. The van der Waals surface area contributed by atoms with E-state index in [2.05, 4.69) is 22.2 Å². The summed E-state index contributed by atoms with van der Waals surface area (Å²) in [5, 5.41) is 6.70. The second-order valence-electron chi connectivity index (χ2n) is 6.06. The Bertz CT molecular complexity index is 621. The first-order chi connectivity index (χ1) is 12.1. The molecule has 1 aromatic carbocycles. The molecule has 0 aromatic heterocycles. The Balaban J connectivity index is 0.00000338. The maximum absolute atomic E-state index is 11.6. The number of halogens is 1. The summed E-state index contributed by atoms with van der Waals surface area (Å²) >= 11 is 0. The Labute approximate surface area is 173 Å². The predicted molar refractivity (Wildman–Crippen MR) is 116 cm³/mol. The van der Waals surface area contributed by atoms with Crippen LogP contribution in [-0.2, 0) is 11.3 Å². The van der Waals surface area contributed by atoms with Crippen molar-refractivity contribution in [1.29, 1.82) is 0 Å². The highest BCUT2D eigenvalue weighted by Crippen LogP contribution is 2.19. The molecule has 1 aromatic rings. The molecule has 1 amide bonds. The van der Waals surface area contributed by atoms with Gasteiger partial charge in [0.2, 0.25) is 5.91 Å². The zero-order valence-corrected chi connectivity index (χ0v) is 17.9. The van der Waals surface area contributed by atoms with Crippen LogP contribution in [-0.4, -0.2) is 49.6 Å². The SMILES string of the molecule is C=CCOc1ccccc1CN=C(NCC)NC1CCC(=O)N(C)C1.I. The maximum Gasteiger partial charge on any atom is 0.222 e. The summed E-state index contributed by atoms with van der Waals surface area (Å²) in [4.78, 5) is 18.1. The van der Waals surface area contributed by atoms with E-state index in [1.165, 1.54) is 0 Å². The number of likely N-dealkylation sites (N-methyl/N-ethyl adjacent to an activating group) is 1. The fraction of sp³-hybridized carbons (Fsp3) is 0.474. The van der Waals surface area contributed by atoms with Crippen LogP contribution < -0.4 is 15.4 Å². The third-order valence-corrected chi connectivity index (χ3v) is 4.05. The fourth-order valence-corrected chi connectivity index (χ4v) is 2.73. The van der Waals surface area contributed by atoms with E-state index in [9.17, 15) is 4.79 Å². The van der Waals surface area contributed by atoms with E-state index in [-0.39, 0.29) is 35.9 Å². The topological polar surface area (TPSA) is 66.0 Å². The minimum absolute atomic E-state index is 0. The summed E-state index contributed by atoms with van der Waals surface area (Å²) in [6, 6.07) is 8.10. The second-order valence-corrected chi connectivity index (χ2v) is 6.06. The van der Waals surface area contributed by atoms with Gasteiger partial charge in [-0.25, -0.2) is 4.99 Å². The van der Waals surface area contributed by atoms with Crippen molar-refractivity contribution in [1.82, 2.24) is 15.5 Å². The van der Waals surface area contributed by atoms with Crippen molar-refractivity contribution in [3.63, 3.8) is 0 Å². The normalized spacial score (nSPS) is 17.3.